The van der Waals surface area contributed by atoms with Gasteiger partial charge in [0.05, 0.1) is 5.92 Å². The fourth-order valence-electron chi connectivity index (χ4n) is 2.38. The summed E-state index contributed by atoms with van der Waals surface area (Å²) >= 11 is 3.39. The SMILES string of the molecule is Cc1c(Br)cccc1Oc1ccc(C(CCC(=O)O)C(F)(F)F)cc1. The molecule has 7 heteroatoms. The van der Waals surface area contributed by atoms with E-state index in [0.717, 1.165) is 10.0 Å². The first-order chi connectivity index (χ1) is 11.7. The first-order valence-electron chi connectivity index (χ1n) is 7.50. The summed E-state index contributed by atoms with van der Waals surface area (Å²) in [4.78, 5) is 10.6. The zero-order chi connectivity index (χ0) is 18.6. The number of ether oxygens (including phenoxy) is 1. The first-order valence-corrected chi connectivity index (χ1v) is 8.29. The van der Waals surface area contributed by atoms with Crippen molar-refractivity contribution < 1.29 is 27.8 Å². The predicted octanol–water partition coefficient (Wildman–Crippen LogP) is 6.06. The molecule has 0 radical (unpaired) electrons. The molecule has 0 saturated heterocycles. The number of carboxylic acid groups (broad SMARTS) is 1. The molecule has 0 fully saturated rings. The molecule has 134 valence electrons. The number of carboxylic acids is 1. The molecular weight excluding hydrogens is 401 g/mol. The van der Waals surface area contributed by atoms with Crippen molar-refractivity contribution in [2.45, 2.75) is 31.9 Å². The van der Waals surface area contributed by atoms with Gasteiger partial charge in [-0.05, 0) is 43.2 Å². The molecule has 0 bridgehead atoms. The van der Waals surface area contributed by atoms with Gasteiger partial charge in [0.1, 0.15) is 11.5 Å². The van der Waals surface area contributed by atoms with Gasteiger partial charge in [-0.25, -0.2) is 0 Å². The molecule has 0 aliphatic carbocycles. The second-order valence-electron chi connectivity index (χ2n) is 5.56. The van der Waals surface area contributed by atoms with Gasteiger partial charge in [-0.1, -0.05) is 34.1 Å². The molecule has 0 heterocycles. The van der Waals surface area contributed by atoms with Gasteiger partial charge in [0, 0.05) is 16.5 Å². The van der Waals surface area contributed by atoms with Gasteiger partial charge >= 0.3 is 12.1 Å². The van der Waals surface area contributed by atoms with Crippen LogP contribution >= 0.6 is 15.9 Å². The van der Waals surface area contributed by atoms with Gasteiger partial charge in [-0.15, -0.1) is 0 Å². The molecule has 0 saturated carbocycles. The van der Waals surface area contributed by atoms with Crippen LogP contribution in [0.1, 0.15) is 29.9 Å². The van der Waals surface area contributed by atoms with Gasteiger partial charge in [0.15, 0.2) is 0 Å². The lowest BCUT2D eigenvalue weighted by atomic mass is 9.93. The highest BCUT2D eigenvalue weighted by Crippen LogP contribution is 2.39. The molecule has 0 spiro atoms. The van der Waals surface area contributed by atoms with Crippen LogP contribution in [0, 0.1) is 6.92 Å². The maximum atomic E-state index is 13.2. The number of hydrogen-bond acceptors (Lipinski definition) is 2. The van der Waals surface area contributed by atoms with Crippen LogP contribution in [0.15, 0.2) is 46.9 Å². The van der Waals surface area contributed by atoms with E-state index in [-0.39, 0.29) is 5.56 Å². The van der Waals surface area contributed by atoms with Crippen LogP contribution < -0.4 is 4.74 Å². The third-order valence-electron chi connectivity index (χ3n) is 3.77. The van der Waals surface area contributed by atoms with Crippen molar-refractivity contribution in [1.82, 2.24) is 0 Å². The Morgan fingerprint density at radius 1 is 1.20 bits per heavy atom. The van der Waals surface area contributed by atoms with Gasteiger partial charge in [-0.3, -0.25) is 4.79 Å². The molecule has 2 aromatic rings. The predicted molar refractivity (Wildman–Crippen MR) is 91.1 cm³/mol. The summed E-state index contributed by atoms with van der Waals surface area (Å²) in [6, 6.07) is 11.0. The van der Waals surface area contributed by atoms with Crippen molar-refractivity contribution in [3.05, 3.63) is 58.1 Å². The van der Waals surface area contributed by atoms with E-state index >= 15 is 0 Å². The minimum atomic E-state index is -4.50. The van der Waals surface area contributed by atoms with Crippen LogP contribution in [0.3, 0.4) is 0 Å². The molecule has 0 aliphatic rings. The van der Waals surface area contributed by atoms with Gasteiger partial charge in [0.2, 0.25) is 0 Å². The standard InChI is InChI=1S/C18H16BrF3O3/c1-11-15(19)3-2-4-16(11)25-13-7-5-12(6-8-13)14(18(20,21)22)9-10-17(23)24/h2-8,14H,9-10H2,1H3,(H,23,24). The molecule has 2 rings (SSSR count). The maximum absolute atomic E-state index is 13.2. The average molecular weight is 417 g/mol. The Labute approximate surface area is 151 Å². The Balaban J connectivity index is 2.19. The fourth-order valence-corrected chi connectivity index (χ4v) is 2.73. The molecule has 2 aromatic carbocycles. The summed E-state index contributed by atoms with van der Waals surface area (Å²) in [6.07, 6.45) is -5.54. The third kappa shape index (κ3) is 5.22. The number of alkyl halides is 3. The Kier molecular flexibility index (Phi) is 6.11. The first kappa shape index (κ1) is 19.3. The number of hydrogen-bond donors (Lipinski definition) is 1. The van der Waals surface area contributed by atoms with Crippen molar-refractivity contribution in [2.75, 3.05) is 0 Å². The monoisotopic (exact) mass is 416 g/mol. The lowest BCUT2D eigenvalue weighted by Gasteiger charge is -2.20. The average Bonchev–Trinajstić information content (AvgIpc) is 2.52. The summed E-state index contributed by atoms with van der Waals surface area (Å²) in [5, 5.41) is 8.64. The van der Waals surface area contributed by atoms with Crippen molar-refractivity contribution in [3.8, 4) is 11.5 Å². The summed E-state index contributed by atoms with van der Waals surface area (Å²) in [5.41, 5.74) is 0.897. The van der Waals surface area contributed by atoms with Crippen LogP contribution in [0.4, 0.5) is 13.2 Å². The molecule has 0 aliphatic heterocycles. The Morgan fingerprint density at radius 3 is 2.40 bits per heavy atom. The summed E-state index contributed by atoms with van der Waals surface area (Å²) < 4.78 is 46.1. The van der Waals surface area contributed by atoms with Gasteiger partial charge in [-0.2, -0.15) is 13.2 Å². The Bertz CT molecular complexity index is 742. The molecule has 3 nitrogen and oxygen atoms in total. The van der Waals surface area contributed by atoms with E-state index in [1.165, 1.54) is 24.3 Å². The molecule has 1 atom stereocenters. The van der Waals surface area contributed by atoms with Crippen molar-refractivity contribution >= 4 is 21.9 Å². The number of rotatable bonds is 6. The quantitative estimate of drug-likeness (QED) is 0.622. The number of benzene rings is 2. The Morgan fingerprint density at radius 2 is 1.84 bits per heavy atom. The highest BCUT2D eigenvalue weighted by atomic mass is 79.9. The molecular formula is C18H16BrF3O3. The summed E-state index contributed by atoms with van der Waals surface area (Å²) in [6.45, 7) is 1.86. The van der Waals surface area contributed by atoms with Gasteiger partial charge in [0.25, 0.3) is 0 Å². The second-order valence-corrected chi connectivity index (χ2v) is 6.42. The number of halogens is 4. The van der Waals surface area contributed by atoms with Crippen molar-refractivity contribution in [3.63, 3.8) is 0 Å². The maximum Gasteiger partial charge on any atom is 0.395 e. The van der Waals surface area contributed by atoms with E-state index in [2.05, 4.69) is 15.9 Å². The topological polar surface area (TPSA) is 46.5 Å². The van der Waals surface area contributed by atoms with Crippen LogP contribution in [-0.2, 0) is 4.79 Å². The zero-order valence-electron chi connectivity index (χ0n) is 13.3. The molecule has 25 heavy (non-hydrogen) atoms. The van der Waals surface area contributed by atoms with Crippen LogP contribution in [-0.4, -0.2) is 17.3 Å². The fraction of sp³-hybridized carbons (Fsp3) is 0.278. The van der Waals surface area contributed by atoms with Crippen LogP contribution in [0.2, 0.25) is 0 Å². The summed E-state index contributed by atoms with van der Waals surface area (Å²) in [5.74, 6) is -2.06. The number of aliphatic carboxylic acids is 1. The van der Waals surface area contributed by atoms with Crippen LogP contribution in [0.5, 0.6) is 11.5 Å². The van der Waals surface area contributed by atoms with E-state index < -0.39 is 30.9 Å². The van der Waals surface area contributed by atoms with E-state index in [4.69, 9.17) is 9.84 Å². The number of carbonyl (C=O) groups is 1. The van der Waals surface area contributed by atoms with E-state index in [1.807, 2.05) is 13.0 Å². The van der Waals surface area contributed by atoms with Crippen molar-refractivity contribution in [1.29, 1.82) is 0 Å². The minimum absolute atomic E-state index is 0.0204. The minimum Gasteiger partial charge on any atom is -0.481 e. The second kappa shape index (κ2) is 7.91. The molecule has 1 N–H and O–H groups in total. The lowest BCUT2D eigenvalue weighted by molar-refractivity contribution is -0.154. The van der Waals surface area contributed by atoms with Gasteiger partial charge < -0.3 is 9.84 Å². The lowest BCUT2D eigenvalue weighted by Crippen LogP contribution is -2.21. The largest absolute Gasteiger partial charge is 0.481 e. The van der Waals surface area contributed by atoms with E-state index in [1.54, 1.807) is 12.1 Å². The zero-order valence-corrected chi connectivity index (χ0v) is 14.9. The van der Waals surface area contributed by atoms with E-state index in [0.29, 0.717) is 11.5 Å². The van der Waals surface area contributed by atoms with Crippen LogP contribution in [0.25, 0.3) is 0 Å². The summed E-state index contributed by atoms with van der Waals surface area (Å²) in [7, 11) is 0. The highest BCUT2D eigenvalue weighted by molar-refractivity contribution is 9.10. The Hall–Kier alpha value is -2.02. The molecule has 1 unspecified atom stereocenters. The molecule has 0 amide bonds. The third-order valence-corrected chi connectivity index (χ3v) is 4.63. The van der Waals surface area contributed by atoms with Crippen molar-refractivity contribution in [2.24, 2.45) is 0 Å². The molecule has 0 aromatic heterocycles. The van der Waals surface area contributed by atoms with E-state index in [9.17, 15) is 18.0 Å². The smallest absolute Gasteiger partial charge is 0.395 e. The highest BCUT2D eigenvalue weighted by Gasteiger charge is 2.40. The normalized spacial score (nSPS) is 12.7.